The van der Waals surface area contributed by atoms with E-state index < -0.39 is 34.9 Å². The van der Waals surface area contributed by atoms with Gasteiger partial charge in [0.1, 0.15) is 0 Å². The summed E-state index contributed by atoms with van der Waals surface area (Å²) < 4.78 is 0. The summed E-state index contributed by atoms with van der Waals surface area (Å²) in [6.07, 6.45) is 0.624. The molecule has 16 heavy (non-hydrogen) atoms. The van der Waals surface area contributed by atoms with E-state index in [0.29, 0.717) is 6.08 Å². The number of carboxylic acids is 4. The molecule has 0 aliphatic rings. The Labute approximate surface area is 88.4 Å². The summed E-state index contributed by atoms with van der Waals surface area (Å²) in [6, 6.07) is 0. The number of allylic oxidation sites excluding steroid dienone is 1. The molecule has 0 fully saturated rings. The third-order valence-corrected chi connectivity index (χ3v) is 1.89. The van der Waals surface area contributed by atoms with Gasteiger partial charge in [0.2, 0.25) is 0 Å². The second kappa shape index (κ2) is 4.43. The Bertz CT molecular complexity index is 355. The molecule has 0 aromatic heterocycles. The van der Waals surface area contributed by atoms with Crippen LogP contribution in [0.1, 0.15) is 6.92 Å². The van der Waals surface area contributed by atoms with Crippen molar-refractivity contribution < 1.29 is 39.6 Å². The number of carbonyl (C=O) groups is 4. The summed E-state index contributed by atoms with van der Waals surface area (Å²) in [5.74, 6) is -8.75. The van der Waals surface area contributed by atoms with E-state index in [2.05, 4.69) is 0 Å². The predicted octanol–water partition coefficient (Wildman–Crippen LogP) is -0.742. The number of aliphatic carboxylic acids is 4. The van der Waals surface area contributed by atoms with E-state index in [9.17, 15) is 19.2 Å². The van der Waals surface area contributed by atoms with Crippen LogP contribution in [-0.4, -0.2) is 44.3 Å². The molecule has 0 bridgehead atoms. The summed E-state index contributed by atoms with van der Waals surface area (Å²) in [6.45, 7) is 1.03. The van der Waals surface area contributed by atoms with Crippen LogP contribution in [0.2, 0.25) is 0 Å². The summed E-state index contributed by atoms with van der Waals surface area (Å²) in [5.41, 5.74) is -4.74. The van der Waals surface area contributed by atoms with Gasteiger partial charge in [0, 0.05) is 0 Å². The van der Waals surface area contributed by atoms with Gasteiger partial charge >= 0.3 is 23.9 Å². The van der Waals surface area contributed by atoms with E-state index in [4.69, 9.17) is 20.4 Å². The van der Waals surface area contributed by atoms with Crippen LogP contribution in [-0.2, 0) is 19.2 Å². The van der Waals surface area contributed by atoms with Crippen molar-refractivity contribution in [3.8, 4) is 0 Å². The first-order valence-electron chi connectivity index (χ1n) is 3.83. The lowest BCUT2D eigenvalue weighted by Gasteiger charge is -2.20. The minimum absolute atomic E-state index is 0.624. The number of hydrogen-bond donors (Lipinski definition) is 4. The first kappa shape index (κ1) is 13.6. The highest BCUT2D eigenvalue weighted by atomic mass is 16.4. The Kier molecular flexibility index (Phi) is 3.77. The minimum Gasteiger partial charge on any atom is -0.480 e. The molecule has 0 spiro atoms. The molecule has 0 radical (unpaired) electrons. The smallest absolute Gasteiger partial charge is 0.337 e. The zero-order chi connectivity index (χ0) is 13.1. The summed E-state index contributed by atoms with van der Waals surface area (Å²) in [7, 11) is 0. The molecule has 0 unspecified atom stereocenters. The molecule has 0 heterocycles. The standard InChI is InChI=1S/C8H8O8/c1-2-3(4(9)10)8(5(11)12,6(13)14)7(15)16/h2H,1H3,(H,9,10)(H,11,12)(H,13,14)(H,15,16)/b3-2+. The van der Waals surface area contributed by atoms with Gasteiger partial charge in [0.05, 0.1) is 5.57 Å². The molecule has 0 aromatic carbocycles. The highest BCUT2D eigenvalue weighted by Gasteiger charge is 2.59. The highest BCUT2D eigenvalue weighted by Crippen LogP contribution is 2.29. The van der Waals surface area contributed by atoms with Gasteiger partial charge < -0.3 is 20.4 Å². The second-order valence-electron chi connectivity index (χ2n) is 2.67. The van der Waals surface area contributed by atoms with E-state index >= 15 is 0 Å². The van der Waals surface area contributed by atoms with Crippen LogP contribution in [0.5, 0.6) is 0 Å². The van der Waals surface area contributed by atoms with Gasteiger partial charge in [-0.2, -0.15) is 0 Å². The Morgan fingerprint density at radius 2 is 1.19 bits per heavy atom. The Balaban J connectivity index is 6.12. The maximum absolute atomic E-state index is 10.7. The van der Waals surface area contributed by atoms with E-state index in [1.165, 1.54) is 0 Å². The molecule has 0 saturated carbocycles. The fraction of sp³-hybridized carbons (Fsp3) is 0.250. The monoisotopic (exact) mass is 232 g/mol. The molecular formula is C8H8O8. The third kappa shape index (κ3) is 1.72. The fourth-order valence-electron chi connectivity index (χ4n) is 1.12. The lowest BCUT2D eigenvalue weighted by Crippen LogP contribution is -2.49. The van der Waals surface area contributed by atoms with Gasteiger partial charge in [0.15, 0.2) is 0 Å². The molecule has 0 atom stereocenters. The van der Waals surface area contributed by atoms with Crippen molar-refractivity contribution in [1.29, 1.82) is 0 Å². The number of rotatable bonds is 5. The van der Waals surface area contributed by atoms with Crippen molar-refractivity contribution in [1.82, 2.24) is 0 Å². The van der Waals surface area contributed by atoms with E-state index in [1.54, 1.807) is 0 Å². The van der Waals surface area contributed by atoms with Crippen LogP contribution in [0, 0.1) is 5.41 Å². The molecule has 4 N–H and O–H groups in total. The predicted molar refractivity (Wildman–Crippen MR) is 46.7 cm³/mol. The lowest BCUT2D eigenvalue weighted by atomic mass is 9.79. The van der Waals surface area contributed by atoms with Crippen LogP contribution in [0.25, 0.3) is 0 Å². The molecule has 0 aliphatic heterocycles. The summed E-state index contributed by atoms with van der Waals surface area (Å²) in [5, 5.41) is 34.5. The lowest BCUT2D eigenvalue weighted by molar-refractivity contribution is -0.174. The van der Waals surface area contributed by atoms with E-state index in [0.717, 1.165) is 6.92 Å². The van der Waals surface area contributed by atoms with E-state index in [-0.39, 0.29) is 0 Å². The average Bonchev–Trinajstić information content (AvgIpc) is 2.10. The maximum Gasteiger partial charge on any atom is 0.337 e. The molecular weight excluding hydrogens is 224 g/mol. The average molecular weight is 232 g/mol. The van der Waals surface area contributed by atoms with Crippen molar-refractivity contribution in [3.63, 3.8) is 0 Å². The summed E-state index contributed by atoms with van der Waals surface area (Å²) in [4.78, 5) is 42.9. The van der Waals surface area contributed by atoms with Gasteiger partial charge in [-0.05, 0) is 6.92 Å². The molecule has 88 valence electrons. The molecule has 0 saturated heterocycles. The van der Waals surface area contributed by atoms with Gasteiger partial charge in [-0.15, -0.1) is 0 Å². The van der Waals surface area contributed by atoms with Crippen LogP contribution in [0.3, 0.4) is 0 Å². The van der Waals surface area contributed by atoms with Crippen LogP contribution < -0.4 is 0 Å². The first-order valence-corrected chi connectivity index (χ1v) is 3.83. The van der Waals surface area contributed by atoms with Crippen molar-refractivity contribution in [2.24, 2.45) is 5.41 Å². The zero-order valence-corrected chi connectivity index (χ0v) is 8.00. The first-order chi connectivity index (χ1) is 7.22. The Hall–Kier alpha value is -2.38. The SMILES string of the molecule is C/C=C(\C(=O)O)C(C(=O)O)(C(=O)O)C(=O)O. The Morgan fingerprint density at radius 1 is 0.875 bits per heavy atom. The molecule has 0 aromatic rings. The summed E-state index contributed by atoms with van der Waals surface area (Å²) >= 11 is 0. The van der Waals surface area contributed by atoms with Crippen molar-refractivity contribution in [3.05, 3.63) is 11.6 Å². The largest absolute Gasteiger partial charge is 0.480 e. The van der Waals surface area contributed by atoms with Crippen LogP contribution in [0.4, 0.5) is 0 Å². The van der Waals surface area contributed by atoms with Gasteiger partial charge in [0.25, 0.3) is 5.41 Å². The topological polar surface area (TPSA) is 149 Å². The van der Waals surface area contributed by atoms with E-state index in [1.807, 2.05) is 0 Å². The number of carboxylic acid groups (broad SMARTS) is 4. The zero-order valence-electron chi connectivity index (χ0n) is 8.00. The van der Waals surface area contributed by atoms with Crippen LogP contribution >= 0.6 is 0 Å². The molecule has 0 aliphatic carbocycles. The molecule has 8 heteroatoms. The fourth-order valence-corrected chi connectivity index (χ4v) is 1.12. The minimum atomic E-state index is -3.50. The maximum atomic E-state index is 10.7. The molecule has 8 nitrogen and oxygen atoms in total. The second-order valence-corrected chi connectivity index (χ2v) is 2.67. The van der Waals surface area contributed by atoms with Crippen molar-refractivity contribution in [2.45, 2.75) is 6.92 Å². The molecule has 0 amide bonds. The van der Waals surface area contributed by atoms with Crippen molar-refractivity contribution in [2.75, 3.05) is 0 Å². The number of hydrogen-bond acceptors (Lipinski definition) is 4. The Morgan fingerprint density at radius 3 is 1.25 bits per heavy atom. The van der Waals surface area contributed by atoms with Gasteiger partial charge in [-0.3, -0.25) is 0 Å². The van der Waals surface area contributed by atoms with Crippen molar-refractivity contribution >= 4 is 23.9 Å². The molecule has 0 rings (SSSR count). The normalized spacial score (nSPS) is 11.9. The van der Waals surface area contributed by atoms with Gasteiger partial charge in [-0.1, -0.05) is 6.08 Å². The third-order valence-electron chi connectivity index (χ3n) is 1.89. The van der Waals surface area contributed by atoms with Crippen LogP contribution in [0.15, 0.2) is 11.6 Å². The highest BCUT2D eigenvalue weighted by molar-refractivity contribution is 6.24. The van der Waals surface area contributed by atoms with Gasteiger partial charge in [-0.25, -0.2) is 19.2 Å². The quantitative estimate of drug-likeness (QED) is 0.357.